The molecule has 8 heteroatoms. The number of piperidine rings is 1. The first-order valence-electron chi connectivity index (χ1n) is 10.3. The van der Waals surface area contributed by atoms with E-state index in [1.165, 1.54) is 12.8 Å². The van der Waals surface area contributed by atoms with Crippen LogP contribution >= 0.6 is 0 Å². The van der Waals surface area contributed by atoms with E-state index < -0.39 is 0 Å². The largest absolute Gasteiger partial charge is 0.364 e. The molecule has 0 bridgehead atoms. The summed E-state index contributed by atoms with van der Waals surface area (Å²) in [5.41, 5.74) is 1.41. The number of carbonyl (C=O) groups is 1. The van der Waals surface area contributed by atoms with Gasteiger partial charge in [0.15, 0.2) is 5.69 Å². The van der Waals surface area contributed by atoms with Crippen molar-refractivity contribution in [2.24, 2.45) is 7.05 Å². The van der Waals surface area contributed by atoms with Gasteiger partial charge in [-0.2, -0.15) is 5.10 Å². The number of hydrogen-bond donors (Lipinski definition) is 2. The number of hydrogen-bond acceptors (Lipinski definition) is 6. The SMILES string of the molecule is Cc1cc(N2CCCC(Nc3ccc(C(=O)NC4CCCC4)nn3)C2)n(C)n1. The van der Waals surface area contributed by atoms with Gasteiger partial charge < -0.3 is 15.5 Å². The van der Waals surface area contributed by atoms with Crippen LogP contribution in [0.3, 0.4) is 0 Å². The Bertz CT molecular complexity index is 810. The topological polar surface area (TPSA) is 88.0 Å². The van der Waals surface area contributed by atoms with Crippen molar-refractivity contribution in [3.05, 3.63) is 29.6 Å². The molecule has 0 spiro atoms. The second-order valence-corrected chi connectivity index (χ2v) is 7.96. The van der Waals surface area contributed by atoms with Crippen LogP contribution in [0.2, 0.25) is 0 Å². The molecule has 2 aromatic rings. The smallest absolute Gasteiger partial charge is 0.272 e. The fourth-order valence-electron chi connectivity index (χ4n) is 4.26. The van der Waals surface area contributed by atoms with Crippen molar-refractivity contribution in [1.82, 2.24) is 25.3 Å². The molecule has 1 unspecified atom stereocenters. The Morgan fingerprint density at radius 2 is 1.89 bits per heavy atom. The standard InChI is InChI=1S/C20H29N7O/c1-14-12-19(26(2)25-14)27-11-5-8-16(13-27)21-18-10-9-17(23-24-18)20(28)22-15-6-3-4-7-15/h9-10,12,15-16H,3-8,11,13H2,1-2H3,(H,21,24)(H,22,28). The van der Waals surface area contributed by atoms with E-state index in [0.29, 0.717) is 11.5 Å². The first kappa shape index (κ1) is 18.7. The second-order valence-electron chi connectivity index (χ2n) is 7.96. The number of aryl methyl sites for hydroxylation is 2. The number of nitrogens with one attached hydrogen (secondary N) is 2. The molecular formula is C20H29N7O. The lowest BCUT2D eigenvalue weighted by atomic mass is 10.1. The van der Waals surface area contributed by atoms with Crippen molar-refractivity contribution < 1.29 is 4.79 Å². The van der Waals surface area contributed by atoms with Crippen molar-refractivity contribution in [3.8, 4) is 0 Å². The van der Waals surface area contributed by atoms with Crippen molar-refractivity contribution in [1.29, 1.82) is 0 Å². The molecule has 1 saturated carbocycles. The first-order valence-corrected chi connectivity index (χ1v) is 10.3. The molecule has 1 saturated heterocycles. The lowest BCUT2D eigenvalue weighted by Crippen LogP contribution is -2.43. The van der Waals surface area contributed by atoms with Gasteiger partial charge in [-0.15, -0.1) is 10.2 Å². The highest BCUT2D eigenvalue weighted by molar-refractivity contribution is 5.92. The van der Waals surface area contributed by atoms with Gasteiger partial charge in [0.25, 0.3) is 5.91 Å². The van der Waals surface area contributed by atoms with Gasteiger partial charge in [0.1, 0.15) is 11.6 Å². The zero-order valence-electron chi connectivity index (χ0n) is 16.7. The average molecular weight is 384 g/mol. The molecule has 8 nitrogen and oxygen atoms in total. The zero-order valence-corrected chi connectivity index (χ0v) is 16.7. The van der Waals surface area contributed by atoms with Crippen molar-refractivity contribution in [2.45, 2.75) is 57.5 Å². The minimum atomic E-state index is -0.124. The normalized spacial score (nSPS) is 20.4. The molecule has 1 aliphatic heterocycles. The molecule has 1 amide bonds. The molecule has 150 valence electrons. The van der Waals surface area contributed by atoms with Gasteiger partial charge in [-0.25, -0.2) is 0 Å². The highest BCUT2D eigenvalue weighted by atomic mass is 16.2. The zero-order chi connectivity index (χ0) is 19.5. The van der Waals surface area contributed by atoms with Crippen LogP contribution in [0, 0.1) is 6.92 Å². The summed E-state index contributed by atoms with van der Waals surface area (Å²) in [6.07, 6.45) is 6.70. The summed E-state index contributed by atoms with van der Waals surface area (Å²) < 4.78 is 1.94. The third-order valence-electron chi connectivity index (χ3n) is 5.66. The highest BCUT2D eigenvalue weighted by Crippen LogP contribution is 2.22. The minimum Gasteiger partial charge on any atom is -0.364 e. The summed E-state index contributed by atoms with van der Waals surface area (Å²) in [7, 11) is 1.99. The minimum absolute atomic E-state index is 0.124. The number of aromatic nitrogens is 4. The molecule has 28 heavy (non-hydrogen) atoms. The Labute approximate surface area is 165 Å². The fourth-order valence-corrected chi connectivity index (χ4v) is 4.26. The van der Waals surface area contributed by atoms with E-state index in [1.54, 1.807) is 6.07 Å². The predicted molar refractivity (Wildman–Crippen MR) is 109 cm³/mol. The van der Waals surface area contributed by atoms with Crippen LogP contribution in [-0.2, 0) is 7.05 Å². The van der Waals surface area contributed by atoms with Gasteiger partial charge in [-0.3, -0.25) is 9.48 Å². The van der Waals surface area contributed by atoms with E-state index in [0.717, 1.165) is 50.3 Å². The highest BCUT2D eigenvalue weighted by Gasteiger charge is 2.23. The van der Waals surface area contributed by atoms with E-state index in [-0.39, 0.29) is 18.0 Å². The monoisotopic (exact) mass is 383 g/mol. The Balaban J connectivity index is 1.34. The van der Waals surface area contributed by atoms with Gasteiger partial charge in [0.05, 0.1) is 5.69 Å². The second kappa shape index (κ2) is 8.16. The van der Waals surface area contributed by atoms with Crippen LogP contribution in [0.5, 0.6) is 0 Å². The van der Waals surface area contributed by atoms with Crippen LogP contribution in [0.25, 0.3) is 0 Å². The summed E-state index contributed by atoms with van der Waals surface area (Å²) in [6, 6.07) is 6.31. The number of carbonyl (C=O) groups excluding carboxylic acids is 1. The Hall–Kier alpha value is -2.64. The molecule has 0 aromatic carbocycles. The molecule has 1 aliphatic carbocycles. The molecule has 3 heterocycles. The summed E-state index contributed by atoms with van der Waals surface area (Å²) in [4.78, 5) is 14.6. The van der Waals surface area contributed by atoms with E-state index in [2.05, 4.69) is 36.9 Å². The lowest BCUT2D eigenvalue weighted by molar-refractivity contribution is 0.0932. The van der Waals surface area contributed by atoms with E-state index in [9.17, 15) is 4.79 Å². The molecule has 2 aliphatic rings. The van der Waals surface area contributed by atoms with Crippen LogP contribution in [-0.4, -0.2) is 51.1 Å². The average Bonchev–Trinajstić information content (AvgIpc) is 3.31. The maximum Gasteiger partial charge on any atom is 0.272 e. The quantitative estimate of drug-likeness (QED) is 0.824. The third-order valence-corrected chi connectivity index (χ3v) is 5.66. The molecule has 2 aromatic heterocycles. The summed E-state index contributed by atoms with van der Waals surface area (Å²) in [6.45, 7) is 3.94. The maximum atomic E-state index is 12.3. The van der Waals surface area contributed by atoms with E-state index in [1.807, 2.05) is 24.7 Å². The summed E-state index contributed by atoms with van der Waals surface area (Å²) in [5.74, 6) is 1.74. The molecule has 2 fully saturated rings. The van der Waals surface area contributed by atoms with Gasteiger partial charge in [0.2, 0.25) is 0 Å². The molecule has 2 N–H and O–H groups in total. The molecule has 1 atom stereocenters. The lowest BCUT2D eigenvalue weighted by Gasteiger charge is -2.34. The Kier molecular flexibility index (Phi) is 5.45. The van der Waals surface area contributed by atoms with Crippen molar-refractivity contribution in [3.63, 3.8) is 0 Å². The van der Waals surface area contributed by atoms with Crippen LogP contribution in [0.4, 0.5) is 11.6 Å². The summed E-state index contributed by atoms with van der Waals surface area (Å²) in [5, 5.41) is 19.3. The van der Waals surface area contributed by atoms with Crippen LogP contribution in [0.15, 0.2) is 18.2 Å². The van der Waals surface area contributed by atoms with Crippen LogP contribution in [0.1, 0.15) is 54.7 Å². The van der Waals surface area contributed by atoms with Gasteiger partial charge >= 0.3 is 0 Å². The molecule has 4 rings (SSSR count). The van der Waals surface area contributed by atoms with Crippen molar-refractivity contribution in [2.75, 3.05) is 23.3 Å². The molecule has 0 radical (unpaired) electrons. The first-order chi connectivity index (χ1) is 13.6. The van der Waals surface area contributed by atoms with E-state index in [4.69, 9.17) is 0 Å². The number of nitrogens with zero attached hydrogens (tertiary/aromatic N) is 5. The Morgan fingerprint density at radius 3 is 2.57 bits per heavy atom. The third kappa shape index (κ3) is 4.26. The van der Waals surface area contributed by atoms with Crippen LogP contribution < -0.4 is 15.5 Å². The van der Waals surface area contributed by atoms with Gasteiger partial charge in [-0.1, -0.05) is 12.8 Å². The number of anilines is 2. The fraction of sp³-hybridized carbons (Fsp3) is 0.600. The molecular weight excluding hydrogens is 354 g/mol. The predicted octanol–water partition coefficient (Wildman–Crippen LogP) is 2.27. The van der Waals surface area contributed by atoms with Gasteiger partial charge in [-0.05, 0) is 44.7 Å². The number of amides is 1. The van der Waals surface area contributed by atoms with Crippen molar-refractivity contribution >= 4 is 17.5 Å². The summed E-state index contributed by atoms with van der Waals surface area (Å²) >= 11 is 0. The Morgan fingerprint density at radius 1 is 1.11 bits per heavy atom. The number of rotatable bonds is 5. The van der Waals surface area contributed by atoms with E-state index >= 15 is 0 Å². The maximum absolute atomic E-state index is 12.3. The van der Waals surface area contributed by atoms with Gasteiger partial charge in [0, 0.05) is 38.3 Å².